The van der Waals surface area contributed by atoms with Crippen LogP contribution in [0, 0.1) is 0 Å². The van der Waals surface area contributed by atoms with Crippen molar-refractivity contribution >= 4 is 23.8 Å². The van der Waals surface area contributed by atoms with Gasteiger partial charge in [0, 0.05) is 13.1 Å². The van der Waals surface area contributed by atoms with Crippen LogP contribution < -0.4 is 5.32 Å². The second-order valence-corrected chi connectivity index (χ2v) is 5.53. The summed E-state index contributed by atoms with van der Waals surface area (Å²) in [5.41, 5.74) is -1.18. The molecular weight excluding hydrogens is 252 g/mol. The second kappa shape index (κ2) is 8.24. The van der Waals surface area contributed by atoms with Gasteiger partial charge in [0.25, 0.3) is 0 Å². The molecule has 0 saturated heterocycles. The normalized spacial score (nSPS) is 11.1. The van der Waals surface area contributed by atoms with Crippen LogP contribution in [-0.2, 0) is 4.79 Å². The quantitative estimate of drug-likeness (QED) is 0.665. The van der Waals surface area contributed by atoms with Crippen molar-refractivity contribution in [3.8, 4) is 0 Å². The van der Waals surface area contributed by atoms with E-state index in [1.54, 1.807) is 18.7 Å². The molecular formula is C12H24N2O3S. The molecule has 0 radical (unpaired) electrons. The number of urea groups is 1. The molecule has 0 aliphatic carbocycles. The third kappa shape index (κ3) is 5.16. The number of nitrogens with one attached hydrogen (secondary N) is 1. The Morgan fingerprint density at radius 2 is 1.94 bits per heavy atom. The summed E-state index contributed by atoms with van der Waals surface area (Å²) in [7, 11) is 0. The number of hydrogen-bond donors (Lipinski definition) is 2. The van der Waals surface area contributed by atoms with Crippen LogP contribution in [0.4, 0.5) is 4.79 Å². The lowest BCUT2D eigenvalue weighted by Gasteiger charge is -2.34. The minimum absolute atomic E-state index is 0.311. The van der Waals surface area contributed by atoms with Gasteiger partial charge in [0.05, 0.1) is 0 Å². The van der Waals surface area contributed by atoms with Crippen molar-refractivity contribution in [1.29, 1.82) is 0 Å². The van der Waals surface area contributed by atoms with Crippen LogP contribution in [0.15, 0.2) is 0 Å². The first-order valence-electron chi connectivity index (χ1n) is 6.15. The Balaban J connectivity index is 4.24. The number of carbonyl (C=O) groups excluding carboxylic acids is 1. The van der Waals surface area contributed by atoms with Gasteiger partial charge in [-0.2, -0.15) is 11.8 Å². The van der Waals surface area contributed by atoms with Crippen LogP contribution in [0.25, 0.3) is 0 Å². The van der Waals surface area contributed by atoms with Crippen LogP contribution in [0.5, 0.6) is 0 Å². The Labute approximate surface area is 113 Å². The van der Waals surface area contributed by atoms with Crippen molar-refractivity contribution in [2.45, 2.75) is 39.2 Å². The van der Waals surface area contributed by atoms with Gasteiger partial charge < -0.3 is 15.3 Å². The molecule has 0 aliphatic rings. The van der Waals surface area contributed by atoms with E-state index in [1.807, 2.05) is 6.26 Å². The van der Waals surface area contributed by atoms with E-state index < -0.39 is 11.5 Å². The molecule has 0 heterocycles. The molecule has 0 saturated carbocycles. The number of carboxylic acid groups (broad SMARTS) is 1. The van der Waals surface area contributed by atoms with Gasteiger partial charge in [-0.25, -0.2) is 9.59 Å². The number of likely N-dealkylation sites (N-methyl/N-ethyl adjacent to an activating group) is 1. The summed E-state index contributed by atoms with van der Waals surface area (Å²) in [6.45, 7) is 5.80. The highest BCUT2D eigenvalue weighted by Crippen LogP contribution is 2.14. The number of aliphatic carboxylic acids is 1. The number of amides is 2. The Kier molecular flexibility index (Phi) is 7.82. The first-order valence-corrected chi connectivity index (χ1v) is 7.55. The highest BCUT2D eigenvalue weighted by molar-refractivity contribution is 7.98. The summed E-state index contributed by atoms with van der Waals surface area (Å²) < 4.78 is 0. The Bertz CT molecular complexity index is 282. The fraction of sp³-hybridized carbons (Fsp3) is 0.833. The van der Waals surface area contributed by atoms with Gasteiger partial charge in [0.2, 0.25) is 0 Å². The van der Waals surface area contributed by atoms with E-state index in [4.69, 9.17) is 5.11 Å². The molecule has 2 amide bonds. The zero-order chi connectivity index (χ0) is 14.2. The first-order chi connectivity index (χ1) is 8.37. The van der Waals surface area contributed by atoms with Gasteiger partial charge >= 0.3 is 12.0 Å². The van der Waals surface area contributed by atoms with E-state index in [2.05, 4.69) is 5.32 Å². The van der Waals surface area contributed by atoms with Gasteiger partial charge in [0.15, 0.2) is 0 Å². The van der Waals surface area contributed by atoms with Gasteiger partial charge in [-0.15, -0.1) is 0 Å². The lowest BCUT2D eigenvalue weighted by atomic mass is 10.0. The topological polar surface area (TPSA) is 69.6 Å². The molecule has 0 rings (SSSR count). The smallest absolute Gasteiger partial charge is 0.329 e. The third-order valence-electron chi connectivity index (χ3n) is 2.81. The molecule has 0 unspecified atom stereocenters. The molecule has 0 aromatic carbocycles. The molecule has 5 nitrogen and oxygen atoms in total. The van der Waals surface area contributed by atoms with Crippen molar-refractivity contribution in [1.82, 2.24) is 10.2 Å². The zero-order valence-electron chi connectivity index (χ0n) is 11.7. The highest BCUT2D eigenvalue weighted by atomic mass is 32.2. The van der Waals surface area contributed by atoms with Crippen molar-refractivity contribution in [3.63, 3.8) is 0 Å². The molecule has 0 spiro atoms. The molecule has 106 valence electrons. The summed E-state index contributed by atoms with van der Waals surface area (Å²) in [6.07, 6.45) is 4.01. The highest BCUT2D eigenvalue weighted by Gasteiger charge is 2.36. The van der Waals surface area contributed by atoms with E-state index in [-0.39, 0.29) is 6.03 Å². The molecule has 0 atom stereocenters. The van der Waals surface area contributed by atoms with Gasteiger partial charge in [-0.1, -0.05) is 0 Å². The maximum absolute atomic E-state index is 11.9. The van der Waals surface area contributed by atoms with Crippen molar-refractivity contribution < 1.29 is 14.7 Å². The molecule has 0 aromatic rings. The predicted octanol–water partition coefficient (Wildman–Crippen LogP) is 2.02. The lowest BCUT2D eigenvalue weighted by molar-refractivity contribution is -0.147. The van der Waals surface area contributed by atoms with E-state index in [9.17, 15) is 9.59 Å². The molecule has 0 bridgehead atoms. The number of unbranched alkanes of at least 4 members (excludes halogenated alkanes) is 1. The zero-order valence-corrected chi connectivity index (χ0v) is 12.5. The molecule has 0 fully saturated rings. The molecule has 2 N–H and O–H groups in total. The van der Waals surface area contributed by atoms with Crippen LogP contribution in [0.2, 0.25) is 0 Å². The summed E-state index contributed by atoms with van der Waals surface area (Å²) in [5, 5.41) is 11.9. The van der Waals surface area contributed by atoms with Crippen LogP contribution in [0.3, 0.4) is 0 Å². The van der Waals surface area contributed by atoms with E-state index >= 15 is 0 Å². The van der Waals surface area contributed by atoms with Gasteiger partial charge in [0.1, 0.15) is 5.54 Å². The fourth-order valence-electron chi connectivity index (χ4n) is 1.57. The monoisotopic (exact) mass is 276 g/mol. The van der Waals surface area contributed by atoms with Crippen molar-refractivity contribution in [3.05, 3.63) is 0 Å². The summed E-state index contributed by atoms with van der Waals surface area (Å²) in [6, 6.07) is -0.311. The lowest BCUT2D eigenvalue weighted by Crippen LogP contribution is -2.56. The van der Waals surface area contributed by atoms with E-state index in [0.29, 0.717) is 13.1 Å². The SMILES string of the molecule is CCN(C(=O)NCCCCSC)C(C)(C)C(=O)O. The summed E-state index contributed by atoms with van der Waals surface area (Å²) in [4.78, 5) is 24.4. The van der Waals surface area contributed by atoms with E-state index in [0.717, 1.165) is 18.6 Å². The largest absolute Gasteiger partial charge is 0.480 e. The predicted molar refractivity (Wildman–Crippen MR) is 75.1 cm³/mol. The second-order valence-electron chi connectivity index (χ2n) is 4.54. The van der Waals surface area contributed by atoms with Crippen molar-refractivity contribution in [2.75, 3.05) is 25.1 Å². The number of rotatable bonds is 8. The maximum Gasteiger partial charge on any atom is 0.329 e. The Morgan fingerprint density at radius 3 is 2.39 bits per heavy atom. The van der Waals surface area contributed by atoms with Crippen LogP contribution in [0.1, 0.15) is 33.6 Å². The Morgan fingerprint density at radius 1 is 1.33 bits per heavy atom. The van der Waals surface area contributed by atoms with Gasteiger partial charge in [-0.3, -0.25) is 0 Å². The number of nitrogens with zero attached hydrogens (tertiary/aromatic N) is 1. The minimum Gasteiger partial charge on any atom is -0.480 e. The molecule has 0 aromatic heterocycles. The van der Waals surface area contributed by atoms with Crippen LogP contribution >= 0.6 is 11.8 Å². The maximum atomic E-state index is 11.9. The standard InChI is InChI=1S/C12H24N2O3S/c1-5-14(12(2,3)10(15)16)11(17)13-8-6-7-9-18-4/h5-9H2,1-4H3,(H,13,17)(H,15,16). The number of carboxylic acids is 1. The Hall–Kier alpha value is -0.910. The molecule has 0 aliphatic heterocycles. The third-order valence-corrected chi connectivity index (χ3v) is 3.51. The number of thioether (sulfide) groups is 1. The number of hydrogen-bond acceptors (Lipinski definition) is 3. The van der Waals surface area contributed by atoms with Gasteiger partial charge in [-0.05, 0) is 45.6 Å². The number of carbonyl (C=O) groups is 2. The summed E-state index contributed by atoms with van der Waals surface area (Å²) >= 11 is 1.78. The summed E-state index contributed by atoms with van der Waals surface area (Å²) in [5.74, 6) is 0.0791. The fourth-order valence-corrected chi connectivity index (χ4v) is 2.06. The van der Waals surface area contributed by atoms with Crippen LogP contribution in [-0.4, -0.2) is 52.6 Å². The molecule has 6 heteroatoms. The van der Waals surface area contributed by atoms with E-state index in [1.165, 1.54) is 18.7 Å². The average Bonchev–Trinajstić information content (AvgIpc) is 2.29. The first kappa shape index (κ1) is 17.1. The minimum atomic E-state index is -1.18. The average molecular weight is 276 g/mol. The van der Waals surface area contributed by atoms with Crippen molar-refractivity contribution in [2.24, 2.45) is 0 Å². The molecule has 18 heavy (non-hydrogen) atoms.